The summed E-state index contributed by atoms with van der Waals surface area (Å²) in [5.74, 6) is -1.48. The van der Waals surface area contributed by atoms with Gasteiger partial charge in [0.05, 0.1) is 10.6 Å². The molecule has 0 saturated carbocycles. The van der Waals surface area contributed by atoms with Gasteiger partial charge in [-0.1, -0.05) is 48.4 Å². The van der Waals surface area contributed by atoms with Crippen molar-refractivity contribution < 1.29 is 22.4 Å². The fourth-order valence-corrected chi connectivity index (χ4v) is 5.60. The molecular formula is C29H33ClFN3O4S. The summed E-state index contributed by atoms with van der Waals surface area (Å²) in [7, 11) is -4.26. The maximum absolute atomic E-state index is 13.9. The summed E-state index contributed by atoms with van der Waals surface area (Å²) in [5, 5.41) is 3.38. The maximum Gasteiger partial charge on any atom is 0.264 e. The van der Waals surface area contributed by atoms with Gasteiger partial charge < -0.3 is 10.2 Å². The summed E-state index contributed by atoms with van der Waals surface area (Å²) >= 11 is 6.03. The van der Waals surface area contributed by atoms with Gasteiger partial charge in [0, 0.05) is 17.6 Å². The van der Waals surface area contributed by atoms with Crippen LogP contribution in [0.5, 0.6) is 0 Å². The number of aryl methyl sites for hydroxylation is 1. The van der Waals surface area contributed by atoms with Crippen LogP contribution in [0.1, 0.15) is 38.3 Å². The number of carbonyl (C=O) groups excluding carboxylic acids is 2. The van der Waals surface area contributed by atoms with E-state index in [9.17, 15) is 22.4 Å². The molecule has 0 radical (unpaired) electrons. The molecule has 0 aliphatic carbocycles. The zero-order valence-electron chi connectivity index (χ0n) is 22.4. The number of rotatable bonds is 11. The molecule has 208 valence electrons. The Morgan fingerprint density at radius 1 is 0.949 bits per heavy atom. The van der Waals surface area contributed by atoms with Crippen molar-refractivity contribution in [1.29, 1.82) is 0 Å². The number of sulfonamides is 1. The largest absolute Gasteiger partial charge is 0.352 e. The molecule has 0 fully saturated rings. The van der Waals surface area contributed by atoms with Gasteiger partial charge >= 0.3 is 0 Å². The number of hydrogen-bond donors (Lipinski definition) is 1. The van der Waals surface area contributed by atoms with Crippen LogP contribution in [0.4, 0.5) is 10.1 Å². The van der Waals surface area contributed by atoms with Gasteiger partial charge in [-0.15, -0.1) is 0 Å². The number of amides is 2. The first-order chi connectivity index (χ1) is 18.4. The Morgan fingerprint density at radius 3 is 2.08 bits per heavy atom. The molecule has 2 amide bonds. The molecule has 7 nitrogen and oxygen atoms in total. The monoisotopic (exact) mass is 573 g/mol. The van der Waals surface area contributed by atoms with Gasteiger partial charge in [0.2, 0.25) is 11.8 Å². The van der Waals surface area contributed by atoms with Gasteiger partial charge in [-0.25, -0.2) is 12.8 Å². The molecule has 10 heteroatoms. The quantitative estimate of drug-likeness (QED) is 0.337. The number of hydrogen-bond acceptors (Lipinski definition) is 4. The number of benzene rings is 3. The molecule has 0 spiro atoms. The summed E-state index contributed by atoms with van der Waals surface area (Å²) in [6.45, 7) is 6.80. The van der Waals surface area contributed by atoms with E-state index in [1.54, 1.807) is 55.5 Å². The topological polar surface area (TPSA) is 86.8 Å². The molecule has 1 N–H and O–H groups in total. The number of halogens is 2. The van der Waals surface area contributed by atoms with Crippen LogP contribution in [0, 0.1) is 12.7 Å². The second kappa shape index (κ2) is 13.1. The van der Waals surface area contributed by atoms with E-state index in [-0.39, 0.29) is 29.1 Å². The predicted octanol–water partition coefficient (Wildman–Crippen LogP) is 5.31. The van der Waals surface area contributed by atoms with Gasteiger partial charge in [-0.3, -0.25) is 13.9 Å². The molecule has 1 atom stereocenters. The molecule has 39 heavy (non-hydrogen) atoms. The fraction of sp³-hybridized carbons (Fsp3) is 0.310. The van der Waals surface area contributed by atoms with Crippen molar-refractivity contribution in [1.82, 2.24) is 10.2 Å². The summed E-state index contributed by atoms with van der Waals surface area (Å²) in [4.78, 5) is 28.3. The predicted molar refractivity (Wildman–Crippen MR) is 151 cm³/mol. The SMILES string of the molecule is CC[C@@H](C(=O)NC(C)C)N(Cc1ccc(Cl)cc1)C(=O)CN(c1ccc(C)cc1)S(=O)(=O)c1ccc(F)cc1. The first-order valence-electron chi connectivity index (χ1n) is 12.6. The zero-order valence-corrected chi connectivity index (χ0v) is 24.0. The van der Waals surface area contributed by atoms with E-state index in [1.807, 2.05) is 20.8 Å². The van der Waals surface area contributed by atoms with Crippen molar-refractivity contribution in [3.05, 3.63) is 94.8 Å². The maximum atomic E-state index is 13.9. The number of anilines is 1. The van der Waals surface area contributed by atoms with Crippen molar-refractivity contribution in [2.24, 2.45) is 0 Å². The third-order valence-corrected chi connectivity index (χ3v) is 8.13. The van der Waals surface area contributed by atoms with Crippen molar-refractivity contribution >= 4 is 39.1 Å². The summed E-state index contributed by atoms with van der Waals surface area (Å²) in [6, 6.07) is 17.0. The molecule has 3 aromatic rings. The van der Waals surface area contributed by atoms with E-state index in [0.717, 1.165) is 39.7 Å². The Hall–Kier alpha value is -3.43. The van der Waals surface area contributed by atoms with Crippen molar-refractivity contribution in [3.63, 3.8) is 0 Å². The fourth-order valence-electron chi connectivity index (χ4n) is 4.06. The highest BCUT2D eigenvalue weighted by Crippen LogP contribution is 2.25. The summed E-state index contributed by atoms with van der Waals surface area (Å²) in [5.41, 5.74) is 1.90. The smallest absolute Gasteiger partial charge is 0.264 e. The Morgan fingerprint density at radius 2 is 1.54 bits per heavy atom. The average molecular weight is 574 g/mol. The Balaban J connectivity index is 2.05. The van der Waals surface area contributed by atoms with E-state index < -0.39 is 34.3 Å². The molecule has 0 aliphatic rings. The van der Waals surface area contributed by atoms with Crippen LogP contribution in [0.2, 0.25) is 5.02 Å². The van der Waals surface area contributed by atoms with Gasteiger partial charge in [-0.2, -0.15) is 0 Å². The molecule has 0 unspecified atom stereocenters. The Labute approximate surface area is 234 Å². The number of nitrogens with zero attached hydrogens (tertiary/aromatic N) is 2. The first-order valence-corrected chi connectivity index (χ1v) is 14.4. The minimum absolute atomic E-state index is 0.0678. The van der Waals surface area contributed by atoms with Crippen LogP contribution in [-0.2, 0) is 26.2 Å². The van der Waals surface area contributed by atoms with E-state index in [2.05, 4.69) is 5.32 Å². The van der Waals surface area contributed by atoms with Gasteiger partial charge in [-0.05, 0) is 81.3 Å². The summed E-state index contributed by atoms with van der Waals surface area (Å²) < 4.78 is 42.0. The van der Waals surface area contributed by atoms with E-state index in [4.69, 9.17) is 11.6 Å². The molecule has 0 heterocycles. The molecule has 3 rings (SSSR count). The minimum atomic E-state index is -4.26. The molecule has 0 saturated heterocycles. The van der Waals surface area contributed by atoms with Crippen LogP contribution in [0.3, 0.4) is 0 Å². The normalized spacial score (nSPS) is 12.2. The van der Waals surface area contributed by atoms with Gasteiger partial charge in [0.1, 0.15) is 18.4 Å². The third kappa shape index (κ3) is 7.80. The Bertz CT molecular complexity index is 1380. The zero-order chi connectivity index (χ0) is 28.7. The Kier molecular flexibility index (Phi) is 10.1. The standard InChI is InChI=1S/C29H33ClFN3O4S/c1-5-27(29(36)32-20(2)3)33(18-22-8-10-23(30)11-9-22)28(35)19-34(25-14-6-21(4)7-15-25)39(37,38)26-16-12-24(31)13-17-26/h6-17,20,27H,5,18-19H2,1-4H3,(H,32,36)/t27-/m0/s1. The second-order valence-corrected chi connectivity index (χ2v) is 11.8. The van der Waals surface area contributed by atoms with Crippen molar-refractivity contribution in [2.45, 2.75) is 57.6 Å². The lowest BCUT2D eigenvalue weighted by molar-refractivity contribution is -0.140. The molecular weight excluding hydrogens is 541 g/mol. The van der Waals surface area contributed by atoms with E-state index in [1.165, 1.54) is 4.90 Å². The van der Waals surface area contributed by atoms with Crippen LogP contribution < -0.4 is 9.62 Å². The highest BCUT2D eigenvalue weighted by molar-refractivity contribution is 7.92. The first kappa shape index (κ1) is 30.1. The lowest BCUT2D eigenvalue weighted by Gasteiger charge is -2.33. The highest BCUT2D eigenvalue weighted by Gasteiger charge is 2.33. The van der Waals surface area contributed by atoms with Gasteiger partial charge in [0.25, 0.3) is 10.0 Å². The number of carbonyl (C=O) groups is 2. The van der Waals surface area contributed by atoms with Crippen LogP contribution >= 0.6 is 11.6 Å². The average Bonchev–Trinajstić information content (AvgIpc) is 2.88. The lowest BCUT2D eigenvalue weighted by Crippen LogP contribution is -2.53. The van der Waals surface area contributed by atoms with E-state index in [0.29, 0.717) is 11.4 Å². The van der Waals surface area contributed by atoms with E-state index >= 15 is 0 Å². The van der Waals surface area contributed by atoms with Crippen molar-refractivity contribution in [2.75, 3.05) is 10.8 Å². The van der Waals surface area contributed by atoms with Crippen LogP contribution in [-0.4, -0.2) is 43.8 Å². The minimum Gasteiger partial charge on any atom is -0.352 e. The second-order valence-electron chi connectivity index (χ2n) is 9.54. The summed E-state index contributed by atoms with van der Waals surface area (Å²) in [6.07, 6.45) is 0.313. The molecule has 0 aromatic heterocycles. The highest BCUT2D eigenvalue weighted by atomic mass is 35.5. The van der Waals surface area contributed by atoms with Gasteiger partial charge in [0.15, 0.2) is 0 Å². The van der Waals surface area contributed by atoms with Crippen molar-refractivity contribution in [3.8, 4) is 0 Å². The number of nitrogens with one attached hydrogen (secondary N) is 1. The lowest BCUT2D eigenvalue weighted by atomic mass is 10.1. The molecule has 0 bridgehead atoms. The van der Waals surface area contributed by atoms with Crippen LogP contribution in [0.25, 0.3) is 0 Å². The molecule has 0 aliphatic heterocycles. The van der Waals surface area contributed by atoms with Crippen LogP contribution in [0.15, 0.2) is 77.7 Å². The third-order valence-electron chi connectivity index (χ3n) is 6.09. The molecule has 3 aromatic carbocycles.